The van der Waals surface area contributed by atoms with Gasteiger partial charge in [0.15, 0.2) is 11.5 Å². The van der Waals surface area contributed by atoms with E-state index in [9.17, 15) is 4.79 Å². The summed E-state index contributed by atoms with van der Waals surface area (Å²) in [7, 11) is 3.25. The number of ether oxygens (including phenoxy) is 3. The number of halogens is 1. The maximum absolute atomic E-state index is 13.6. The lowest BCUT2D eigenvalue weighted by Gasteiger charge is -2.35. The van der Waals surface area contributed by atoms with E-state index in [0.717, 1.165) is 38.0 Å². The lowest BCUT2D eigenvalue weighted by molar-refractivity contribution is 0.0971. The van der Waals surface area contributed by atoms with Gasteiger partial charge in [-0.3, -0.25) is 4.79 Å². The molecular formula is C23H29ClN2O4. The summed E-state index contributed by atoms with van der Waals surface area (Å²) in [5, 5.41) is 4.04. The molecule has 0 bridgehead atoms. The number of hydrogen-bond donors (Lipinski definition) is 1. The van der Waals surface area contributed by atoms with Gasteiger partial charge in [0.25, 0.3) is 5.91 Å². The predicted molar refractivity (Wildman–Crippen MR) is 119 cm³/mol. The van der Waals surface area contributed by atoms with Gasteiger partial charge in [-0.15, -0.1) is 0 Å². The molecule has 0 saturated carbocycles. The molecule has 0 radical (unpaired) electrons. The number of rotatable bonds is 9. The van der Waals surface area contributed by atoms with Gasteiger partial charge >= 0.3 is 0 Å². The van der Waals surface area contributed by atoms with Crippen LogP contribution >= 0.6 is 11.6 Å². The zero-order valence-electron chi connectivity index (χ0n) is 17.5. The summed E-state index contributed by atoms with van der Waals surface area (Å²) < 4.78 is 16.3. The third-order valence-corrected chi connectivity index (χ3v) is 5.37. The number of piperidine rings is 1. The zero-order chi connectivity index (χ0) is 21.3. The minimum atomic E-state index is -0.0737. The van der Waals surface area contributed by atoms with Crippen molar-refractivity contribution in [1.82, 2.24) is 5.32 Å². The number of carbonyl (C=O) groups excluding carboxylic acids is 1. The first kappa shape index (κ1) is 22.4. The van der Waals surface area contributed by atoms with Gasteiger partial charge < -0.3 is 24.4 Å². The van der Waals surface area contributed by atoms with Crippen molar-refractivity contribution in [2.45, 2.75) is 25.3 Å². The van der Waals surface area contributed by atoms with Crippen LogP contribution in [0.3, 0.4) is 0 Å². The van der Waals surface area contributed by atoms with Crippen molar-refractivity contribution >= 4 is 23.2 Å². The lowest BCUT2D eigenvalue weighted by Crippen LogP contribution is -2.49. The van der Waals surface area contributed by atoms with Crippen LogP contribution in [-0.4, -0.2) is 52.5 Å². The molecule has 1 N–H and O–H groups in total. The van der Waals surface area contributed by atoms with Crippen molar-refractivity contribution < 1.29 is 19.0 Å². The fourth-order valence-corrected chi connectivity index (χ4v) is 3.72. The molecule has 162 valence electrons. The Morgan fingerprint density at radius 2 is 1.93 bits per heavy atom. The standard InChI is InChI=1S/C23H29ClN2O4/c1-28-13-4-14-30-22-15-17(6-11-21(22)29-2)23(27)26(20-5-3-12-25-16-20)19-9-7-18(24)8-10-19/h6-11,15,20,25H,3-5,12-14,16H2,1-2H3/t20-/m0/s1. The summed E-state index contributed by atoms with van der Waals surface area (Å²) in [6.07, 6.45) is 2.72. The van der Waals surface area contributed by atoms with Gasteiger partial charge in [-0.1, -0.05) is 11.6 Å². The molecule has 0 spiro atoms. The molecule has 1 aliphatic heterocycles. The Morgan fingerprint density at radius 1 is 1.13 bits per heavy atom. The number of hydrogen-bond acceptors (Lipinski definition) is 5. The van der Waals surface area contributed by atoms with Gasteiger partial charge in [0.1, 0.15) is 0 Å². The third kappa shape index (κ3) is 5.65. The molecule has 1 fully saturated rings. The highest BCUT2D eigenvalue weighted by Crippen LogP contribution is 2.31. The Labute approximate surface area is 183 Å². The third-order valence-electron chi connectivity index (χ3n) is 5.12. The highest BCUT2D eigenvalue weighted by molar-refractivity contribution is 6.30. The van der Waals surface area contributed by atoms with Crippen LogP contribution in [0.1, 0.15) is 29.6 Å². The first-order valence-electron chi connectivity index (χ1n) is 10.2. The number of nitrogens with one attached hydrogen (secondary N) is 1. The van der Waals surface area contributed by atoms with Gasteiger partial charge in [-0.2, -0.15) is 0 Å². The molecule has 2 aromatic carbocycles. The van der Waals surface area contributed by atoms with Crippen LogP contribution in [0.15, 0.2) is 42.5 Å². The lowest BCUT2D eigenvalue weighted by atomic mass is 10.0. The maximum atomic E-state index is 13.6. The van der Waals surface area contributed by atoms with E-state index >= 15 is 0 Å². The Bertz CT molecular complexity index is 822. The van der Waals surface area contributed by atoms with E-state index in [1.807, 2.05) is 29.2 Å². The van der Waals surface area contributed by atoms with Crippen molar-refractivity contribution in [3.05, 3.63) is 53.1 Å². The smallest absolute Gasteiger partial charge is 0.258 e. The molecule has 6 nitrogen and oxygen atoms in total. The summed E-state index contributed by atoms with van der Waals surface area (Å²) >= 11 is 6.07. The fourth-order valence-electron chi connectivity index (χ4n) is 3.60. The molecule has 0 aromatic heterocycles. The quantitative estimate of drug-likeness (QED) is 0.603. The minimum absolute atomic E-state index is 0.0700. The number of nitrogens with zero attached hydrogens (tertiary/aromatic N) is 1. The van der Waals surface area contributed by atoms with E-state index in [4.69, 9.17) is 25.8 Å². The summed E-state index contributed by atoms with van der Waals surface area (Å²) in [5.74, 6) is 1.08. The Balaban J connectivity index is 1.88. The highest BCUT2D eigenvalue weighted by atomic mass is 35.5. The molecule has 2 aromatic rings. The van der Waals surface area contributed by atoms with Gasteiger partial charge in [-0.05, 0) is 61.9 Å². The SMILES string of the molecule is COCCCOc1cc(C(=O)N(c2ccc(Cl)cc2)[C@H]2CCCNC2)ccc1OC. The molecule has 1 aliphatic rings. The molecule has 1 atom stereocenters. The van der Waals surface area contributed by atoms with Crippen LogP contribution in [0.4, 0.5) is 5.69 Å². The summed E-state index contributed by atoms with van der Waals surface area (Å²) in [6, 6.07) is 12.8. The number of methoxy groups -OCH3 is 2. The monoisotopic (exact) mass is 432 g/mol. The normalized spacial score (nSPS) is 16.2. The number of amides is 1. The molecule has 1 heterocycles. The fraction of sp³-hybridized carbons (Fsp3) is 0.435. The second-order valence-electron chi connectivity index (χ2n) is 7.21. The van der Waals surface area contributed by atoms with Gasteiger partial charge in [-0.25, -0.2) is 0 Å². The van der Waals surface area contributed by atoms with Crippen molar-refractivity contribution in [2.75, 3.05) is 45.4 Å². The van der Waals surface area contributed by atoms with Crippen molar-refractivity contribution in [1.29, 1.82) is 0 Å². The minimum Gasteiger partial charge on any atom is -0.493 e. The van der Waals surface area contributed by atoms with E-state index in [1.165, 1.54) is 0 Å². The van der Waals surface area contributed by atoms with Crippen LogP contribution < -0.4 is 19.7 Å². The summed E-state index contributed by atoms with van der Waals surface area (Å²) in [6.45, 7) is 2.82. The zero-order valence-corrected chi connectivity index (χ0v) is 18.3. The Morgan fingerprint density at radius 3 is 2.60 bits per heavy atom. The topological polar surface area (TPSA) is 60.0 Å². The summed E-state index contributed by atoms with van der Waals surface area (Å²) in [4.78, 5) is 15.5. The second kappa shape index (κ2) is 11.2. The molecule has 3 rings (SSSR count). The van der Waals surface area contributed by atoms with E-state index in [1.54, 1.807) is 32.4 Å². The van der Waals surface area contributed by atoms with Crippen LogP contribution in [0.25, 0.3) is 0 Å². The largest absolute Gasteiger partial charge is 0.493 e. The molecule has 1 amide bonds. The molecule has 0 aliphatic carbocycles. The number of benzene rings is 2. The van der Waals surface area contributed by atoms with Crippen LogP contribution in [0, 0.1) is 0 Å². The molecular weight excluding hydrogens is 404 g/mol. The average molecular weight is 433 g/mol. The van der Waals surface area contributed by atoms with Gasteiger partial charge in [0, 0.05) is 49.0 Å². The first-order valence-corrected chi connectivity index (χ1v) is 10.6. The van der Waals surface area contributed by atoms with Gasteiger partial charge in [0.2, 0.25) is 0 Å². The number of carbonyl (C=O) groups is 1. The predicted octanol–water partition coefficient (Wildman–Crippen LogP) is 4.16. The molecule has 1 saturated heterocycles. The van der Waals surface area contributed by atoms with Gasteiger partial charge in [0.05, 0.1) is 13.7 Å². The van der Waals surface area contributed by atoms with Crippen molar-refractivity contribution in [3.63, 3.8) is 0 Å². The maximum Gasteiger partial charge on any atom is 0.258 e. The highest BCUT2D eigenvalue weighted by Gasteiger charge is 2.28. The van der Waals surface area contributed by atoms with E-state index in [0.29, 0.717) is 35.3 Å². The van der Waals surface area contributed by atoms with E-state index in [2.05, 4.69) is 5.32 Å². The average Bonchev–Trinajstić information content (AvgIpc) is 2.78. The first-order chi connectivity index (χ1) is 14.6. The molecule has 0 unspecified atom stereocenters. The number of anilines is 1. The van der Waals surface area contributed by atoms with E-state index in [-0.39, 0.29) is 11.9 Å². The van der Waals surface area contributed by atoms with E-state index < -0.39 is 0 Å². The van der Waals surface area contributed by atoms with Crippen molar-refractivity contribution in [3.8, 4) is 11.5 Å². The Hall–Kier alpha value is -2.28. The molecule has 30 heavy (non-hydrogen) atoms. The Kier molecular flexibility index (Phi) is 8.37. The van der Waals surface area contributed by atoms with Crippen molar-refractivity contribution in [2.24, 2.45) is 0 Å². The second-order valence-corrected chi connectivity index (χ2v) is 7.65. The van der Waals surface area contributed by atoms with Crippen LogP contribution in [0.5, 0.6) is 11.5 Å². The molecule has 7 heteroatoms. The van der Waals surface area contributed by atoms with Crippen LogP contribution in [0.2, 0.25) is 5.02 Å². The van der Waals surface area contributed by atoms with Crippen LogP contribution in [-0.2, 0) is 4.74 Å². The summed E-state index contributed by atoms with van der Waals surface area (Å²) in [5.41, 5.74) is 1.38.